The van der Waals surface area contributed by atoms with Gasteiger partial charge in [0.15, 0.2) is 0 Å². The van der Waals surface area contributed by atoms with Crippen molar-refractivity contribution in [2.24, 2.45) is 5.16 Å². The van der Waals surface area contributed by atoms with Crippen LogP contribution in [-0.4, -0.2) is 19.9 Å². The number of nitrogens with one attached hydrogen (secondary N) is 1. The Labute approximate surface area is 151 Å². The zero-order chi connectivity index (χ0) is 17.9. The molecule has 1 heterocycles. The lowest BCUT2D eigenvalue weighted by Gasteiger charge is -2.08. The number of benzene rings is 2. The molecule has 5 heteroatoms. The van der Waals surface area contributed by atoms with Crippen molar-refractivity contribution in [3.8, 4) is 11.5 Å². The van der Waals surface area contributed by atoms with Gasteiger partial charge in [-0.15, -0.1) is 0 Å². The topological polar surface area (TPSA) is 52.1 Å². The first-order valence-electron chi connectivity index (χ1n) is 8.21. The lowest BCUT2D eigenvalue weighted by Crippen LogP contribution is -2.08. The van der Waals surface area contributed by atoms with Crippen LogP contribution in [0.2, 0.25) is 0 Å². The summed E-state index contributed by atoms with van der Waals surface area (Å²) in [6.45, 7) is 0. The average molecular weight is 346 g/mol. The van der Waals surface area contributed by atoms with E-state index in [-0.39, 0.29) is 0 Å². The Morgan fingerprint density at radius 2 is 1.27 bits per heavy atom. The largest absolute Gasteiger partial charge is 0.497 e. The Kier molecular flexibility index (Phi) is 4.19. The number of nitrogens with zero attached hydrogens (tertiary/aromatic N) is 1. The molecule has 26 heavy (non-hydrogen) atoms. The second-order valence-corrected chi connectivity index (χ2v) is 5.88. The third-order valence-electron chi connectivity index (χ3n) is 4.33. The number of methoxy groups -OCH3 is 2. The van der Waals surface area contributed by atoms with Crippen LogP contribution in [0.4, 0.5) is 0 Å². The Bertz CT molecular complexity index is 888. The van der Waals surface area contributed by atoms with Crippen molar-refractivity contribution in [3.63, 3.8) is 0 Å². The van der Waals surface area contributed by atoms with E-state index in [2.05, 4.69) is 16.7 Å². The van der Waals surface area contributed by atoms with Gasteiger partial charge in [-0.1, -0.05) is 29.4 Å². The van der Waals surface area contributed by atoms with E-state index in [1.54, 1.807) is 14.2 Å². The average Bonchev–Trinajstić information content (AvgIpc) is 3.05. The van der Waals surface area contributed by atoms with E-state index in [9.17, 15) is 0 Å². The molecule has 2 aromatic carbocycles. The summed E-state index contributed by atoms with van der Waals surface area (Å²) in [5.41, 5.74) is 8.66. The first-order valence-corrected chi connectivity index (χ1v) is 8.21. The second kappa shape index (κ2) is 6.80. The van der Waals surface area contributed by atoms with E-state index in [4.69, 9.17) is 14.4 Å². The molecule has 0 bridgehead atoms. The van der Waals surface area contributed by atoms with Gasteiger partial charge in [0.25, 0.3) is 0 Å². The molecule has 0 radical (unpaired) electrons. The summed E-state index contributed by atoms with van der Waals surface area (Å²) in [5, 5.41) is 4.07. The summed E-state index contributed by atoms with van der Waals surface area (Å²) >= 11 is 0. The molecule has 130 valence electrons. The van der Waals surface area contributed by atoms with Crippen molar-refractivity contribution < 1.29 is 14.4 Å². The zero-order valence-electron chi connectivity index (χ0n) is 14.5. The van der Waals surface area contributed by atoms with Crippen molar-refractivity contribution in [3.05, 3.63) is 83.6 Å². The number of oxime groups is 1. The number of hydrogen-bond acceptors (Lipinski definition) is 5. The number of hydroxylamine groups is 1. The summed E-state index contributed by atoms with van der Waals surface area (Å²) in [5.74, 6) is 1.65. The molecular weight excluding hydrogens is 328 g/mol. The van der Waals surface area contributed by atoms with E-state index < -0.39 is 0 Å². The fourth-order valence-corrected chi connectivity index (χ4v) is 2.88. The fourth-order valence-electron chi connectivity index (χ4n) is 2.88. The van der Waals surface area contributed by atoms with E-state index in [1.165, 1.54) is 0 Å². The summed E-state index contributed by atoms with van der Waals surface area (Å²) < 4.78 is 10.5. The summed E-state index contributed by atoms with van der Waals surface area (Å²) in [7, 11) is 3.32. The van der Waals surface area contributed by atoms with Crippen LogP contribution < -0.4 is 15.0 Å². The molecule has 0 saturated heterocycles. The van der Waals surface area contributed by atoms with Gasteiger partial charge in [0.1, 0.15) is 22.9 Å². The third kappa shape index (κ3) is 3.07. The smallest absolute Gasteiger partial charge is 0.133 e. The predicted octanol–water partition coefficient (Wildman–Crippen LogP) is 3.96. The molecule has 1 aliphatic heterocycles. The van der Waals surface area contributed by atoms with Crippen LogP contribution in [0.25, 0.3) is 11.1 Å². The molecule has 0 saturated carbocycles. The van der Waals surface area contributed by atoms with E-state index >= 15 is 0 Å². The number of hydrogen-bond donors (Lipinski definition) is 1. The third-order valence-corrected chi connectivity index (χ3v) is 4.33. The highest BCUT2D eigenvalue weighted by molar-refractivity contribution is 6.16. The number of allylic oxidation sites excluding steroid dienone is 5. The fraction of sp³-hybridized carbons (Fsp3) is 0.0952. The standard InChI is InChI=1S/C21H18N2O3/c1-24-18-7-3-14(4-8-18)16-11-17(13-21-20(12-16)22-26-23-21)15-5-9-19(25-2)10-6-15/h3-13,22H,1-2H3. The van der Waals surface area contributed by atoms with Crippen molar-refractivity contribution >= 4 is 16.9 Å². The van der Waals surface area contributed by atoms with E-state index in [1.807, 2.05) is 60.7 Å². The van der Waals surface area contributed by atoms with Gasteiger partial charge in [0.05, 0.1) is 14.2 Å². The van der Waals surface area contributed by atoms with Crippen LogP contribution in [-0.2, 0) is 4.94 Å². The van der Waals surface area contributed by atoms with Gasteiger partial charge in [-0.25, -0.2) is 0 Å². The van der Waals surface area contributed by atoms with Gasteiger partial charge < -0.3 is 9.47 Å². The summed E-state index contributed by atoms with van der Waals surface area (Å²) in [6.07, 6.45) is 6.17. The molecule has 0 spiro atoms. The minimum atomic E-state index is 0.760. The zero-order valence-corrected chi connectivity index (χ0v) is 14.5. The summed E-state index contributed by atoms with van der Waals surface area (Å²) in [4.78, 5) is 5.05. The van der Waals surface area contributed by atoms with Gasteiger partial charge >= 0.3 is 0 Å². The molecule has 0 unspecified atom stereocenters. The van der Waals surface area contributed by atoms with Gasteiger partial charge in [-0.05, 0) is 64.8 Å². The van der Waals surface area contributed by atoms with E-state index in [0.717, 1.165) is 45.2 Å². The molecular formula is C21H18N2O3. The number of rotatable bonds is 4. The molecule has 1 aliphatic carbocycles. The molecule has 4 rings (SSSR count). The van der Waals surface area contributed by atoms with Crippen molar-refractivity contribution in [1.29, 1.82) is 0 Å². The SMILES string of the molecule is COc1ccc(C2=CC(c3ccc(OC)cc3)=CC3=NONC3=C2)cc1. The highest BCUT2D eigenvalue weighted by Crippen LogP contribution is 2.30. The quantitative estimate of drug-likeness (QED) is 0.910. The number of fused-ring (bicyclic) bond motifs is 1. The Hall–Kier alpha value is -3.47. The van der Waals surface area contributed by atoms with Crippen LogP contribution >= 0.6 is 0 Å². The molecule has 2 aromatic rings. The highest BCUT2D eigenvalue weighted by atomic mass is 16.8. The van der Waals surface area contributed by atoms with E-state index in [0.29, 0.717) is 0 Å². The lowest BCUT2D eigenvalue weighted by atomic mass is 9.99. The summed E-state index contributed by atoms with van der Waals surface area (Å²) in [6, 6.07) is 15.9. The first-order chi connectivity index (χ1) is 12.8. The maximum Gasteiger partial charge on any atom is 0.133 e. The van der Waals surface area contributed by atoms with Crippen molar-refractivity contribution in [2.75, 3.05) is 14.2 Å². The van der Waals surface area contributed by atoms with Crippen LogP contribution in [0.1, 0.15) is 11.1 Å². The molecule has 0 fully saturated rings. The minimum absolute atomic E-state index is 0.760. The maximum atomic E-state index is 5.25. The van der Waals surface area contributed by atoms with Gasteiger partial charge in [-0.3, -0.25) is 4.94 Å². The number of ether oxygens (including phenoxy) is 2. The van der Waals surface area contributed by atoms with Crippen LogP contribution in [0, 0.1) is 0 Å². The Balaban J connectivity index is 1.78. The lowest BCUT2D eigenvalue weighted by molar-refractivity contribution is 0.0906. The predicted molar refractivity (Wildman–Crippen MR) is 102 cm³/mol. The van der Waals surface area contributed by atoms with Crippen LogP contribution in [0.3, 0.4) is 0 Å². The molecule has 0 aromatic heterocycles. The molecule has 5 nitrogen and oxygen atoms in total. The van der Waals surface area contributed by atoms with Crippen LogP contribution in [0.5, 0.6) is 11.5 Å². The Morgan fingerprint density at radius 1 is 0.731 bits per heavy atom. The highest BCUT2D eigenvalue weighted by Gasteiger charge is 2.19. The first kappa shape index (κ1) is 16.0. The van der Waals surface area contributed by atoms with Crippen LogP contribution in [0.15, 0.2) is 77.6 Å². The van der Waals surface area contributed by atoms with Gasteiger partial charge in [-0.2, -0.15) is 5.48 Å². The van der Waals surface area contributed by atoms with Gasteiger partial charge in [0.2, 0.25) is 0 Å². The normalized spacial score (nSPS) is 15.3. The molecule has 0 atom stereocenters. The molecule has 0 amide bonds. The maximum absolute atomic E-state index is 5.25. The Morgan fingerprint density at radius 3 is 1.81 bits per heavy atom. The van der Waals surface area contributed by atoms with Gasteiger partial charge in [0, 0.05) is 0 Å². The van der Waals surface area contributed by atoms with Crippen molar-refractivity contribution in [1.82, 2.24) is 5.48 Å². The monoisotopic (exact) mass is 346 g/mol. The minimum Gasteiger partial charge on any atom is -0.497 e. The molecule has 2 aliphatic rings. The second-order valence-electron chi connectivity index (χ2n) is 5.88. The molecule has 1 N–H and O–H groups in total. The van der Waals surface area contributed by atoms with Crippen molar-refractivity contribution in [2.45, 2.75) is 0 Å².